The maximum absolute atomic E-state index is 14.1. The second-order valence-corrected chi connectivity index (χ2v) is 12.3. The fraction of sp³-hybridized carbons (Fsp3) is 0.516. The topological polar surface area (TPSA) is 185 Å². The van der Waals surface area contributed by atoms with Crippen LogP contribution in [0, 0.1) is 23.7 Å². The number of hydrogen-bond donors (Lipinski definition) is 6. The quantitative estimate of drug-likeness (QED) is 0.224. The normalized spacial score (nSPS) is 28.5. The van der Waals surface area contributed by atoms with Gasteiger partial charge >= 0.3 is 0 Å². The number of phenols is 1. The van der Waals surface area contributed by atoms with Gasteiger partial charge < -0.3 is 36.2 Å². The Labute approximate surface area is 243 Å². The zero-order chi connectivity index (χ0) is 30.9. The average Bonchev–Trinajstić information content (AvgIpc) is 2.90. The monoisotopic (exact) mass is 579 g/mol. The van der Waals surface area contributed by atoms with Crippen LogP contribution in [0.25, 0.3) is 5.76 Å². The lowest BCUT2D eigenvalue weighted by Crippen LogP contribution is -2.65. The number of aliphatic hydroxyl groups is 4. The van der Waals surface area contributed by atoms with Crippen LogP contribution in [-0.4, -0.2) is 93.3 Å². The van der Waals surface area contributed by atoms with Crippen LogP contribution in [0.4, 0.5) is 5.69 Å². The fourth-order valence-electron chi connectivity index (χ4n) is 7.23. The molecule has 4 atom stereocenters. The number of aromatic hydroxyl groups is 1. The lowest BCUT2D eigenvalue weighted by Gasteiger charge is -2.50. The molecule has 4 aliphatic carbocycles. The SMILES string of the molecule is CN(C)c1cc(C#CC2(O)CCCCC2)c(O)c2c1C[C@H]1C[C@H]3[C@@H](N(C)C)C(=O)C(C(N)=O)=C(O)[C@@]3(O)C(=O)C1=C2O. The van der Waals surface area contributed by atoms with Crippen LogP contribution in [0.1, 0.15) is 55.2 Å². The number of aliphatic hydroxyl groups excluding tert-OH is 2. The van der Waals surface area contributed by atoms with Crippen molar-refractivity contribution in [2.45, 2.75) is 62.2 Å². The number of phenolic OH excluding ortho intramolecular Hbond substituents is 1. The highest BCUT2D eigenvalue weighted by atomic mass is 16.3. The number of amides is 1. The summed E-state index contributed by atoms with van der Waals surface area (Å²) < 4.78 is 0. The van der Waals surface area contributed by atoms with Crippen molar-refractivity contribution in [1.29, 1.82) is 0 Å². The highest BCUT2D eigenvalue weighted by molar-refractivity contribution is 6.24. The van der Waals surface area contributed by atoms with Gasteiger partial charge in [0.15, 0.2) is 11.4 Å². The number of Topliss-reactive ketones (excluding diaryl/α,β-unsaturated/α-hetero) is 2. The summed E-state index contributed by atoms with van der Waals surface area (Å²) >= 11 is 0. The van der Waals surface area contributed by atoms with E-state index in [2.05, 4.69) is 11.8 Å². The first-order chi connectivity index (χ1) is 19.6. The number of nitrogens with two attached hydrogens (primary N) is 1. The summed E-state index contributed by atoms with van der Waals surface area (Å²) in [5.41, 5.74) is 1.71. The summed E-state index contributed by atoms with van der Waals surface area (Å²) in [7, 11) is 6.69. The minimum absolute atomic E-state index is 0.00792. The summed E-state index contributed by atoms with van der Waals surface area (Å²) in [6.07, 6.45) is 3.89. The first-order valence-electron chi connectivity index (χ1n) is 14.1. The Morgan fingerprint density at radius 3 is 2.26 bits per heavy atom. The molecule has 0 radical (unpaired) electrons. The molecule has 0 heterocycles. The van der Waals surface area contributed by atoms with E-state index < -0.39 is 63.6 Å². The van der Waals surface area contributed by atoms with Gasteiger partial charge in [-0.3, -0.25) is 19.3 Å². The Hall–Kier alpha value is -3.85. The van der Waals surface area contributed by atoms with Crippen molar-refractivity contribution in [3.05, 3.63) is 39.7 Å². The zero-order valence-electron chi connectivity index (χ0n) is 24.2. The maximum atomic E-state index is 14.1. The molecule has 5 rings (SSSR count). The summed E-state index contributed by atoms with van der Waals surface area (Å²) in [4.78, 5) is 42.8. The number of carbonyl (C=O) groups is 3. The van der Waals surface area contributed by atoms with Gasteiger partial charge in [-0.05, 0) is 70.2 Å². The van der Waals surface area contributed by atoms with E-state index >= 15 is 0 Å². The van der Waals surface area contributed by atoms with Crippen LogP contribution in [0.15, 0.2) is 23.0 Å². The van der Waals surface area contributed by atoms with Crippen LogP contribution in [-0.2, 0) is 20.8 Å². The molecule has 224 valence electrons. The van der Waals surface area contributed by atoms with E-state index in [1.807, 2.05) is 0 Å². The van der Waals surface area contributed by atoms with E-state index in [0.29, 0.717) is 24.1 Å². The maximum Gasteiger partial charge on any atom is 0.255 e. The molecule has 0 aliphatic heterocycles. The highest BCUT2D eigenvalue weighted by Crippen LogP contribution is 2.54. The molecule has 2 fully saturated rings. The predicted molar refractivity (Wildman–Crippen MR) is 153 cm³/mol. The Kier molecular flexibility index (Phi) is 7.16. The summed E-state index contributed by atoms with van der Waals surface area (Å²) in [6.45, 7) is 0. The molecule has 7 N–H and O–H groups in total. The molecule has 0 unspecified atom stereocenters. The number of primary amides is 1. The number of carbonyl (C=O) groups excluding carboxylic acids is 3. The Morgan fingerprint density at radius 1 is 1.05 bits per heavy atom. The second-order valence-electron chi connectivity index (χ2n) is 12.3. The highest BCUT2D eigenvalue weighted by Gasteiger charge is 2.64. The molecule has 0 bridgehead atoms. The third-order valence-corrected chi connectivity index (χ3v) is 9.29. The van der Waals surface area contributed by atoms with E-state index in [1.165, 1.54) is 4.90 Å². The number of nitrogens with zero attached hydrogens (tertiary/aromatic N) is 2. The molecule has 0 spiro atoms. The van der Waals surface area contributed by atoms with E-state index in [4.69, 9.17) is 5.73 Å². The molecule has 42 heavy (non-hydrogen) atoms. The van der Waals surface area contributed by atoms with Crippen molar-refractivity contribution in [3.63, 3.8) is 0 Å². The van der Waals surface area contributed by atoms with Gasteiger partial charge in [0, 0.05) is 31.3 Å². The predicted octanol–water partition coefficient (Wildman–Crippen LogP) is 1.08. The van der Waals surface area contributed by atoms with Crippen LogP contribution >= 0.6 is 0 Å². The number of benzene rings is 1. The number of hydrogen-bond acceptors (Lipinski definition) is 10. The Balaban J connectivity index is 1.71. The first kappa shape index (κ1) is 29.6. The van der Waals surface area contributed by atoms with Gasteiger partial charge in [0.2, 0.25) is 5.78 Å². The van der Waals surface area contributed by atoms with Crippen molar-refractivity contribution in [1.82, 2.24) is 4.90 Å². The molecule has 1 aromatic carbocycles. The molecule has 0 saturated heterocycles. The standard InChI is InChI=1S/C31H37N3O8/c1-33(2)19-14-15(8-11-30(41)9-6-5-7-10-30)24(35)21-17(19)12-16-13-18-23(34(3)4)26(37)22(29(32)40)28(39)31(18,42)27(38)20(16)25(21)36/h14,16,18,23,35-36,39,41-42H,5-7,9-10,12-13H2,1-4H3,(H2,32,40)/t16-,18-,23+,31-/m0/s1. The van der Waals surface area contributed by atoms with Gasteiger partial charge in [-0.25, -0.2) is 0 Å². The van der Waals surface area contributed by atoms with Gasteiger partial charge in [0.25, 0.3) is 5.91 Å². The van der Waals surface area contributed by atoms with Gasteiger partial charge in [0.05, 0.1) is 17.2 Å². The molecule has 0 aromatic heterocycles. The summed E-state index contributed by atoms with van der Waals surface area (Å²) in [5, 5.41) is 56.7. The number of fused-ring (bicyclic) bond motifs is 3. The molecule has 11 nitrogen and oxygen atoms in total. The van der Waals surface area contributed by atoms with Gasteiger partial charge in [-0.15, -0.1) is 0 Å². The molecule has 4 aliphatic rings. The first-order valence-corrected chi connectivity index (χ1v) is 14.1. The molecule has 1 aromatic rings. The van der Waals surface area contributed by atoms with Crippen LogP contribution in [0.5, 0.6) is 5.75 Å². The molecule has 1 amide bonds. The second kappa shape index (κ2) is 10.2. The minimum Gasteiger partial charge on any atom is -0.508 e. The van der Waals surface area contributed by atoms with E-state index in [9.17, 15) is 39.9 Å². The third kappa shape index (κ3) is 4.28. The van der Waals surface area contributed by atoms with Crippen molar-refractivity contribution in [2.75, 3.05) is 33.1 Å². The summed E-state index contributed by atoms with van der Waals surface area (Å²) in [6, 6.07) is 0.528. The van der Waals surface area contributed by atoms with Gasteiger partial charge in [-0.1, -0.05) is 18.3 Å². The Morgan fingerprint density at radius 2 is 1.69 bits per heavy atom. The molecule has 11 heteroatoms. The van der Waals surface area contributed by atoms with Crippen LogP contribution in [0.2, 0.25) is 0 Å². The largest absolute Gasteiger partial charge is 0.508 e. The number of likely N-dealkylation sites (N-methyl/N-ethyl adjacent to an activating group) is 1. The van der Waals surface area contributed by atoms with Crippen LogP contribution in [0.3, 0.4) is 0 Å². The summed E-state index contributed by atoms with van der Waals surface area (Å²) in [5.74, 6) is -1.27. The average molecular weight is 580 g/mol. The third-order valence-electron chi connectivity index (χ3n) is 9.29. The Bertz CT molecular complexity index is 1520. The van der Waals surface area contributed by atoms with Crippen molar-refractivity contribution < 1.29 is 39.9 Å². The molecular formula is C31H37N3O8. The smallest absolute Gasteiger partial charge is 0.255 e. The van der Waals surface area contributed by atoms with Gasteiger partial charge in [0.1, 0.15) is 28.4 Å². The zero-order valence-corrected chi connectivity index (χ0v) is 24.2. The lowest BCUT2D eigenvalue weighted by molar-refractivity contribution is -0.153. The number of ketones is 2. The fourth-order valence-corrected chi connectivity index (χ4v) is 7.23. The van der Waals surface area contributed by atoms with E-state index in [0.717, 1.165) is 19.3 Å². The van der Waals surface area contributed by atoms with Crippen molar-refractivity contribution in [3.8, 4) is 17.6 Å². The number of rotatable bonds is 3. The minimum atomic E-state index is -2.70. The van der Waals surface area contributed by atoms with Crippen LogP contribution < -0.4 is 10.6 Å². The van der Waals surface area contributed by atoms with E-state index in [-0.39, 0.29) is 35.3 Å². The van der Waals surface area contributed by atoms with Crippen molar-refractivity contribution in [2.24, 2.45) is 17.6 Å². The van der Waals surface area contributed by atoms with Crippen molar-refractivity contribution >= 4 is 28.9 Å². The molecule has 2 saturated carbocycles. The van der Waals surface area contributed by atoms with E-state index in [1.54, 1.807) is 39.2 Å². The number of anilines is 1. The van der Waals surface area contributed by atoms with Gasteiger partial charge in [-0.2, -0.15) is 0 Å². The lowest BCUT2D eigenvalue weighted by atomic mass is 9.57. The molecular weight excluding hydrogens is 542 g/mol.